The first kappa shape index (κ1) is 24.9. The van der Waals surface area contributed by atoms with Crippen LogP contribution in [-0.4, -0.2) is 53.1 Å². The van der Waals surface area contributed by atoms with Crippen LogP contribution in [-0.2, 0) is 16.1 Å². The van der Waals surface area contributed by atoms with Crippen molar-refractivity contribution in [1.29, 1.82) is 0 Å². The van der Waals surface area contributed by atoms with Crippen molar-refractivity contribution < 1.29 is 19.1 Å². The number of rotatable bonds is 7. The van der Waals surface area contributed by atoms with Gasteiger partial charge in [0.15, 0.2) is 0 Å². The first-order valence-corrected chi connectivity index (χ1v) is 12.5. The van der Waals surface area contributed by atoms with E-state index in [1.54, 1.807) is 44.4 Å². The van der Waals surface area contributed by atoms with E-state index in [-0.39, 0.29) is 23.8 Å². The first-order valence-electron chi connectivity index (χ1n) is 11.3. The number of aromatic nitrogens is 1. The summed E-state index contributed by atoms with van der Waals surface area (Å²) < 4.78 is 5.32. The molecule has 178 valence electrons. The van der Waals surface area contributed by atoms with Gasteiger partial charge in [-0.05, 0) is 70.1 Å². The minimum atomic E-state index is -0.434. The van der Waals surface area contributed by atoms with Gasteiger partial charge in [-0.3, -0.25) is 9.59 Å². The smallest absolute Gasteiger partial charge is 0.340 e. The molecule has 1 atom stereocenters. The number of esters is 1. The SMILES string of the molecule is CSc1ccc(CNC(=O)C2CCCN(C(=O)c3[nH]c(C)c(C(=O)OC(C)C)c3C)C2)cc1. The number of piperidine rings is 1. The number of hydrogen-bond donors (Lipinski definition) is 2. The topological polar surface area (TPSA) is 91.5 Å². The molecule has 3 rings (SSSR count). The Labute approximate surface area is 199 Å². The molecule has 1 fully saturated rings. The number of aryl methyl sites for hydroxylation is 1. The Hall–Kier alpha value is -2.74. The number of hydrogen-bond acceptors (Lipinski definition) is 5. The molecule has 7 nitrogen and oxygen atoms in total. The number of H-pyrrole nitrogens is 1. The number of carbonyl (C=O) groups excluding carboxylic acids is 3. The largest absolute Gasteiger partial charge is 0.459 e. The molecule has 1 aromatic heterocycles. The number of aromatic amines is 1. The first-order chi connectivity index (χ1) is 15.7. The van der Waals surface area contributed by atoms with Gasteiger partial charge in [-0.2, -0.15) is 0 Å². The van der Waals surface area contributed by atoms with Crippen molar-refractivity contribution in [2.45, 2.75) is 58.1 Å². The lowest BCUT2D eigenvalue weighted by atomic mass is 9.96. The van der Waals surface area contributed by atoms with Crippen LogP contribution < -0.4 is 5.32 Å². The predicted octanol–water partition coefficient (Wildman–Crippen LogP) is 4.09. The van der Waals surface area contributed by atoms with Gasteiger partial charge in [-0.15, -0.1) is 11.8 Å². The van der Waals surface area contributed by atoms with E-state index < -0.39 is 5.97 Å². The Morgan fingerprint density at radius 2 is 1.91 bits per heavy atom. The quantitative estimate of drug-likeness (QED) is 0.469. The van der Waals surface area contributed by atoms with Crippen LogP contribution in [0.3, 0.4) is 0 Å². The summed E-state index contributed by atoms with van der Waals surface area (Å²) in [5, 5.41) is 3.01. The van der Waals surface area contributed by atoms with Crippen molar-refractivity contribution in [2.75, 3.05) is 19.3 Å². The van der Waals surface area contributed by atoms with Crippen molar-refractivity contribution in [3.05, 3.63) is 52.3 Å². The maximum absolute atomic E-state index is 13.2. The lowest BCUT2D eigenvalue weighted by Gasteiger charge is -2.32. The molecule has 1 aliphatic rings. The molecule has 1 unspecified atom stereocenters. The molecule has 2 amide bonds. The third-order valence-corrected chi connectivity index (χ3v) is 6.65. The van der Waals surface area contributed by atoms with Gasteiger partial charge in [0.05, 0.1) is 17.6 Å². The summed E-state index contributed by atoms with van der Waals surface area (Å²) >= 11 is 1.68. The number of likely N-dealkylation sites (tertiary alicyclic amines) is 1. The fraction of sp³-hybridized carbons (Fsp3) is 0.480. The summed E-state index contributed by atoms with van der Waals surface area (Å²) in [4.78, 5) is 44.5. The zero-order valence-electron chi connectivity index (χ0n) is 20.0. The van der Waals surface area contributed by atoms with Crippen molar-refractivity contribution >= 4 is 29.5 Å². The molecule has 2 N–H and O–H groups in total. The Bertz CT molecular complexity index is 1010. The average Bonchev–Trinajstić information content (AvgIpc) is 3.10. The van der Waals surface area contributed by atoms with E-state index in [4.69, 9.17) is 4.74 Å². The Morgan fingerprint density at radius 1 is 1.21 bits per heavy atom. The van der Waals surface area contributed by atoms with Gasteiger partial charge in [-0.25, -0.2) is 4.79 Å². The summed E-state index contributed by atoms with van der Waals surface area (Å²) in [6, 6.07) is 8.11. The molecule has 2 aromatic rings. The van der Waals surface area contributed by atoms with E-state index in [2.05, 4.69) is 10.3 Å². The van der Waals surface area contributed by atoms with Crippen LogP contribution in [0.5, 0.6) is 0 Å². The summed E-state index contributed by atoms with van der Waals surface area (Å²) in [6.07, 6.45) is 3.29. The summed E-state index contributed by atoms with van der Waals surface area (Å²) in [6.45, 7) is 8.51. The normalized spacial score (nSPS) is 16.1. The molecule has 1 aliphatic heterocycles. The minimum Gasteiger partial charge on any atom is -0.459 e. The number of ether oxygens (including phenoxy) is 1. The Balaban J connectivity index is 1.64. The third-order valence-electron chi connectivity index (χ3n) is 5.90. The molecule has 1 saturated heterocycles. The molecule has 0 radical (unpaired) electrons. The zero-order chi connectivity index (χ0) is 24.1. The van der Waals surface area contributed by atoms with Crippen molar-refractivity contribution in [3.63, 3.8) is 0 Å². The second-order valence-corrected chi connectivity index (χ2v) is 9.61. The van der Waals surface area contributed by atoms with E-state index in [0.717, 1.165) is 18.4 Å². The van der Waals surface area contributed by atoms with Crippen molar-refractivity contribution in [2.24, 2.45) is 5.92 Å². The number of nitrogens with one attached hydrogen (secondary N) is 2. The van der Waals surface area contributed by atoms with Gasteiger partial charge >= 0.3 is 5.97 Å². The van der Waals surface area contributed by atoms with Crippen LogP contribution in [0.1, 0.15) is 64.4 Å². The van der Waals surface area contributed by atoms with Crippen LogP contribution in [0.15, 0.2) is 29.2 Å². The standard InChI is InChI=1S/C25H33N3O4S/c1-15(2)32-25(31)21-16(3)22(27-17(21)4)24(30)28-12-6-7-19(14-28)23(29)26-13-18-8-10-20(33-5)11-9-18/h8-11,15,19,27H,6-7,12-14H2,1-5H3,(H,26,29). The molecule has 0 bridgehead atoms. The Morgan fingerprint density at radius 3 is 2.55 bits per heavy atom. The molecule has 0 aliphatic carbocycles. The monoisotopic (exact) mass is 471 g/mol. The molecule has 8 heteroatoms. The van der Waals surface area contributed by atoms with Crippen molar-refractivity contribution in [3.8, 4) is 0 Å². The number of carbonyl (C=O) groups is 3. The number of benzene rings is 1. The van der Waals surface area contributed by atoms with Gasteiger partial charge < -0.3 is 19.9 Å². The zero-order valence-corrected chi connectivity index (χ0v) is 20.8. The molecule has 0 spiro atoms. The molecule has 1 aromatic carbocycles. The predicted molar refractivity (Wildman–Crippen MR) is 130 cm³/mol. The van der Waals surface area contributed by atoms with Crippen LogP contribution in [0.25, 0.3) is 0 Å². The van der Waals surface area contributed by atoms with Gasteiger partial charge in [0.2, 0.25) is 5.91 Å². The summed E-state index contributed by atoms with van der Waals surface area (Å²) in [7, 11) is 0. The van der Waals surface area contributed by atoms with E-state index in [0.29, 0.717) is 42.1 Å². The maximum Gasteiger partial charge on any atom is 0.340 e. The van der Waals surface area contributed by atoms with E-state index >= 15 is 0 Å². The van der Waals surface area contributed by atoms with E-state index in [9.17, 15) is 14.4 Å². The summed E-state index contributed by atoms with van der Waals surface area (Å²) in [5.74, 6) is -0.918. The lowest BCUT2D eigenvalue weighted by Crippen LogP contribution is -2.45. The summed E-state index contributed by atoms with van der Waals surface area (Å²) in [5.41, 5.74) is 3.04. The molecule has 33 heavy (non-hydrogen) atoms. The fourth-order valence-corrected chi connectivity index (χ4v) is 4.56. The van der Waals surface area contributed by atoms with Crippen LogP contribution >= 0.6 is 11.8 Å². The molecular formula is C25H33N3O4S. The van der Waals surface area contributed by atoms with Crippen molar-refractivity contribution in [1.82, 2.24) is 15.2 Å². The highest BCUT2D eigenvalue weighted by molar-refractivity contribution is 7.98. The fourth-order valence-electron chi connectivity index (χ4n) is 4.15. The van der Waals surface area contributed by atoms with Gasteiger partial charge in [0.25, 0.3) is 5.91 Å². The average molecular weight is 472 g/mol. The van der Waals surface area contributed by atoms with Gasteiger partial charge in [0, 0.05) is 30.2 Å². The number of nitrogens with zero attached hydrogens (tertiary/aromatic N) is 1. The molecule has 2 heterocycles. The van der Waals surface area contributed by atoms with Crippen LogP contribution in [0, 0.1) is 19.8 Å². The number of thioether (sulfide) groups is 1. The van der Waals surface area contributed by atoms with E-state index in [1.807, 2.05) is 30.5 Å². The highest BCUT2D eigenvalue weighted by Gasteiger charge is 2.32. The lowest BCUT2D eigenvalue weighted by molar-refractivity contribution is -0.126. The second-order valence-electron chi connectivity index (χ2n) is 8.74. The second kappa shape index (κ2) is 10.9. The third kappa shape index (κ3) is 5.99. The molecule has 0 saturated carbocycles. The van der Waals surface area contributed by atoms with Crippen LogP contribution in [0.2, 0.25) is 0 Å². The van der Waals surface area contributed by atoms with Gasteiger partial charge in [-0.1, -0.05) is 12.1 Å². The number of amides is 2. The van der Waals surface area contributed by atoms with Gasteiger partial charge in [0.1, 0.15) is 5.69 Å². The van der Waals surface area contributed by atoms with Crippen LogP contribution in [0.4, 0.5) is 0 Å². The highest BCUT2D eigenvalue weighted by atomic mass is 32.2. The molecular weight excluding hydrogens is 438 g/mol. The highest BCUT2D eigenvalue weighted by Crippen LogP contribution is 2.24. The Kier molecular flexibility index (Phi) is 8.24. The van der Waals surface area contributed by atoms with E-state index in [1.165, 1.54) is 4.90 Å². The minimum absolute atomic E-state index is 0.0398. The maximum atomic E-state index is 13.2.